The van der Waals surface area contributed by atoms with E-state index in [2.05, 4.69) is 24.1 Å². The summed E-state index contributed by atoms with van der Waals surface area (Å²) in [5.41, 5.74) is 0. The lowest BCUT2D eigenvalue weighted by atomic mass is 9.88. The van der Waals surface area contributed by atoms with Crippen LogP contribution in [0.5, 0.6) is 0 Å². The average Bonchev–Trinajstić information content (AvgIpc) is 2.96. The van der Waals surface area contributed by atoms with Crippen LogP contribution in [0, 0.1) is 11.8 Å². The lowest BCUT2D eigenvalue weighted by molar-refractivity contribution is -0.143. The predicted molar refractivity (Wildman–Crippen MR) is 84.0 cm³/mol. The van der Waals surface area contributed by atoms with Crippen molar-refractivity contribution in [2.75, 3.05) is 13.1 Å². The lowest BCUT2D eigenvalue weighted by Crippen LogP contribution is -2.52. The number of hydrogen-bond acceptors (Lipinski definition) is 3. The molecule has 122 valence electrons. The van der Waals surface area contributed by atoms with Crippen molar-refractivity contribution >= 4 is 11.8 Å². The number of aromatic nitrogens is 2. The zero-order valence-corrected chi connectivity index (χ0v) is 13.7. The largest absolute Gasteiger partial charge is 0.354 e. The molecule has 2 atom stereocenters. The number of hydrogen-bond donors (Lipinski definition) is 1. The van der Waals surface area contributed by atoms with Crippen LogP contribution in [0.15, 0.2) is 18.7 Å². The van der Waals surface area contributed by atoms with Crippen LogP contribution < -0.4 is 5.32 Å². The summed E-state index contributed by atoms with van der Waals surface area (Å²) in [6, 6.07) is -0.0307. The molecule has 0 radical (unpaired) electrons. The van der Waals surface area contributed by atoms with E-state index >= 15 is 0 Å². The van der Waals surface area contributed by atoms with Crippen molar-refractivity contribution in [2.45, 2.75) is 46.2 Å². The maximum atomic E-state index is 12.4. The van der Waals surface area contributed by atoms with Crippen LogP contribution in [-0.2, 0) is 16.1 Å². The summed E-state index contributed by atoms with van der Waals surface area (Å²) in [4.78, 5) is 30.3. The van der Waals surface area contributed by atoms with Gasteiger partial charge in [-0.1, -0.05) is 13.8 Å². The van der Waals surface area contributed by atoms with Gasteiger partial charge in [0.2, 0.25) is 11.8 Å². The fourth-order valence-corrected chi connectivity index (χ4v) is 2.98. The van der Waals surface area contributed by atoms with Gasteiger partial charge in [-0.2, -0.15) is 0 Å². The normalized spacial score (nSPS) is 22.2. The summed E-state index contributed by atoms with van der Waals surface area (Å²) in [6.07, 6.45) is 6.44. The first-order chi connectivity index (χ1) is 10.5. The molecule has 1 aromatic rings. The summed E-state index contributed by atoms with van der Waals surface area (Å²) in [6.45, 7) is 8.18. The topological polar surface area (TPSA) is 67.2 Å². The molecule has 2 heterocycles. The minimum Gasteiger partial charge on any atom is -0.354 e. The molecule has 1 fully saturated rings. The molecule has 2 rings (SSSR count). The maximum Gasteiger partial charge on any atom is 0.225 e. The molecule has 22 heavy (non-hydrogen) atoms. The molecule has 0 saturated carbocycles. The van der Waals surface area contributed by atoms with Crippen LogP contribution >= 0.6 is 0 Å². The SMILES string of the molecule is CC(C)CN1C(=O)CC[C@@H](C(=O)NCCn2ccnc2)[C@H]1C. The predicted octanol–water partition coefficient (Wildman–Crippen LogP) is 1.28. The Labute approximate surface area is 131 Å². The lowest BCUT2D eigenvalue weighted by Gasteiger charge is -2.39. The van der Waals surface area contributed by atoms with Crippen LogP contribution in [0.2, 0.25) is 0 Å². The number of nitrogens with zero attached hydrogens (tertiary/aromatic N) is 3. The van der Waals surface area contributed by atoms with Gasteiger partial charge in [0, 0.05) is 44.5 Å². The summed E-state index contributed by atoms with van der Waals surface area (Å²) >= 11 is 0. The third-order valence-electron chi connectivity index (χ3n) is 4.19. The third-order valence-corrected chi connectivity index (χ3v) is 4.19. The van der Waals surface area contributed by atoms with E-state index < -0.39 is 0 Å². The molecular formula is C16H26N4O2. The van der Waals surface area contributed by atoms with Crippen LogP contribution in [0.1, 0.15) is 33.6 Å². The van der Waals surface area contributed by atoms with Gasteiger partial charge in [-0.05, 0) is 19.3 Å². The highest BCUT2D eigenvalue weighted by atomic mass is 16.2. The monoisotopic (exact) mass is 306 g/mol. The Balaban J connectivity index is 1.87. The number of carbonyl (C=O) groups excluding carboxylic acids is 2. The van der Waals surface area contributed by atoms with Crippen molar-refractivity contribution in [3.8, 4) is 0 Å². The Bertz CT molecular complexity index is 498. The molecule has 0 aromatic carbocycles. The van der Waals surface area contributed by atoms with Gasteiger partial charge < -0.3 is 14.8 Å². The molecule has 6 heteroatoms. The van der Waals surface area contributed by atoms with E-state index in [1.54, 1.807) is 12.5 Å². The number of amides is 2. The number of nitrogens with one attached hydrogen (secondary N) is 1. The molecule has 1 aromatic heterocycles. The summed E-state index contributed by atoms with van der Waals surface area (Å²) in [5, 5.41) is 2.98. The van der Waals surface area contributed by atoms with Crippen molar-refractivity contribution in [1.29, 1.82) is 0 Å². The standard InChI is InChI=1S/C16H26N4O2/c1-12(2)10-20-13(3)14(4-5-15(20)21)16(22)18-7-9-19-8-6-17-11-19/h6,8,11-14H,4-5,7,9-10H2,1-3H3,(H,18,22)/t13-,14-/m1/s1. The second kappa shape index (κ2) is 7.42. The molecule has 1 N–H and O–H groups in total. The second-order valence-electron chi connectivity index (χ2n) is 6.42. The van der Waals surface area contributed by atoms with Gasteiger partial charge in [0.25, 0.3) is 0 Å². The molecule has 0 bridgehead atoms. The zero-order chi connectivity index (χ0) is 16.1. The molecule has 1 saturated heterocycles. The quantitative estimate of drug-likeness (QED) is 0.861. The highest BCUT2D eigenvalue weighted by Gasteiger charge is 2.36. The van der Waals surface area contributed by atoms with Crippen LogP contribution in [0.4, 0.5) is 0 Å². The molecule has 6 nitrogen and oxygen atoms in total. The van der Waals surface area contributed by atoms with Crippen LogP contribution in [-0.4, -0.2) is 45.4 Å². The van der Waals surface area contributed by atoms with Gasteiger partial charge in [-0.15, -0.1) is 0 Å². The van der Waals surface area contributed by atoms with E-state index in [0.717, 1.165) is 6.54 Å². The minimum atomic E-state index is -0.112. The Morgan fingerprint density at radius 2 is 2.27 bits per heavy atom. The Morgan fingerprint density at radius 3 is 2.91 bits per heavy atom. The Kier molecular flexibility index (Phi) is 5.57. The van der Waals surface area contributed by atoms with E-state index in [1.807, 2.05) is 22.6 Å². The first kappa shape index (κ1) is 16.5. The third kappa shape index (κ3) is 4.08. The fraction of sp³-hybridized carbons (Fsp3) is 0.688. The van der Waals surface area contributed by atoms with Crippen LogP contribution in [0.3, 0.4) is 0 Å². The minimum absolute atomic E-state index is 0.0307. The van der Waals surface area contributed by atoms with E-state index in [9.17, 15) is 9.59 Å². The Hall–Kier alpha value is -1.85. The summed E-state index contributed by atoms with van der Waals surface area (Å²) in [5.74, 6) is 0.520. The molecule has 0 spiro atoms. The number of likely N-dealkylation sites (tertiary alicyclic amines) is 1. The van der Waals surface area contributed by atoms with Gasteiger partial charge in [0.1, 0.15) is 0 Å². The highest BCUT2D eigenvalue weighted by molar-refractivity contribution is 5.84. The fourth-order valence-electron chi connectivity index (χ4n) is 2.98. The van der Waals surface area contributed by atoms with E-state index in [1.165, 1.54) is 0 Å². The van der Waals surface area contributed by atoms with Crippen molar-refractivity contribution in [3.63, 3.8) is 0 Å². The molecule has 1 aliphatic heterocycles. The molecular weight excluding hydrogens is 280 g/mol. The second-order valence-corrected chi connectivity index (χ2v) is 6.42. The summed E-state index contributed by atoms with van der Waals surface area (Å²) in [7, 11) is 0. The van der Waals surface area contributed by atoms with Crippen LogP contribution in [0.25, 0.3) is 0 Å². The van der Waals surface area contributed by atoms with Gasteiger partial charge >= 0.3 is 0 Å². The van der Waals surface area contributed by atoms with E-state index in [4.69, 9.17) is 0 Å². The van der Waals surface area contributed by atoms with Gasteiger partial charge in [0.05, 0.1) is 12.2 Å². The highest BCUT2D eigenvalue weighted by Crippen LogP contribution is 2.25. The zero-order valence-electron chi connectivity index (χ0n) is 13.7. The van der Waals surface area contributed by atoms with Gasteiger partial charge in [-0.25, -0.2) is 4.98 Å². The number of piperidine rings is 1. The Morgan fingerprint density at radius 1 is 1.50 bits per heavy atom. The number of carbonyl (C=O) groups is 2. The molecule has 2 amide bonds. The van der Waals surface area contributed by atoms with E-state index in [0.29, 0.717) is 31.8 Å². The number of imidazole rings is 1. The average molecular weight is 306 g/mol. The first-order valence-electron chi connectivity index (χ1n) is 8.02. The van der Waals surface area contributed by atoms with Gasteiger partial charge in [-0.3, -0.25) is 9.59 Å². The maximum absolute atomic E-state index is 12.4. The molecule has 0 aliphatic carbocycles. The molecule has 1 aliphatic rings. The first-order valence-corrected chi connectivity index (χ1v) is 8.02. The van der Waals surface area contributed by atoms with E-state index in [-0.39, 0.29) is 23.8 Å². The summed E-state index contributed by atoms with van der Waals surface area (Å²) < 4.78 is 1.93. The van der Waals surface area contributed by atoms with Crippen molar-refractivity contribution in [3.05, 3.63) is 18.7 Å². The smallest absolute Gasteiger partial charge is 0.225 e. The number of rotatable bonds is 6. The van der Waals surface area contributed by atoms with Crippen molar-refractivity contribution < 1.29 is 9.59 Å². The molecule has 0 unspecified atom stereocenters. The van der Waals surface area contributed by atoms with Crippen molar-refractivity contribution in [2.24, 2.45) is 11.8 Å². The van der Waals surface area contributed by atoms with Crippen molar-refractivity contribution in [1.82, 2.24) is 19.8 Å². The van der Waals surface area contributed by atoms with Gasteiger partial charge in [0.15, 0.2) is 0 Å².